The number of carboxylic acid groups (broad SMARTS) is 1. The normalized spacial score (nSPS) is 18.1. The summed E-state index contributed by atoms with van der Waals surface area (Å²) in [5, 5.41) is 17.6. The molecular formula is C23H18N3O5-. The molecule has 0 unspecified atom stereocenters. The topological polar surface area (TPSA) is 124 Å². The van der Waals surface area contributed by atoms with Crippen LogP contribution in [0.2, 0.25) is 0 Å². The number of benzene rings is 2. The van der Waals surface area contributed by atoms with Crippen LogP contribution in [0.1, 0.15) is 27.6 Å². The van der Waals surface area contributed by atoms with Gasteiger partial charge >= 0.3 is 0 Å². The lowest BCUT2D eigenvalue weighted by Gasteiger charge is -2.15. The minimum absolute atomic E-state index is 0.0409. The van der Waals surface area contributed by atoms with Gasteiger partial charge in [0, 0.05) is 18.0 Å². The molecule has 1 fully saturated rings. The molecule has 8 nitrogen and oxygen atoms in total. The highest BCUT2D eigenvalue weighted by Gasteiger charge is 2.40. The third-order valence-corrected chi connectivity index (χ3v) is 5.07. The van der Waals surface area contributed by atoms with Crippen molar-refractivity contribution in [2.24, 2.45) is 11.0 Å². The highest BCUT2D eigenvalue weighted by molar-refractivity contribution is 6.03. The van der Waals surface area contributed by atoms with Crippen LogP contribution in [0, 0.1) is 5.92 Å². The van der Waals surface area contributed by atoms with E-state index >= 15 is 0 Å². The number of carbonyl (C=O) groups excluding carboxylic acids is 3. The summed E-state index contributed by atoms with van der Waals surface area (Å²) >= 11 is 0. The van der Waals surface area contributed by atoms with E-state index in [0.717, 1.165) is 5.56 Å². The van der Waals surface area contributed by atoms with Gasteiger partial charge < -0.3 is 19.6 Å². The van der Waals surface area contributed by atoms with E-state index in [1.807, 2.05) is 30.3 Å². The van der Waals surface area contributed by atoms with Crippen LogP contribution < -0.4 is 15.8 Å². The Labute approximate surface area is 177 Å². The van der Waals surface area contributed by atoms with Gasteiger partial charge in [0.2, 0.25) is 5.91 Å². The van der Waals surface area contributed by atoms with Crippen LogP contribution in [0.3, 0.4) is 0 Å². The van der Waals surface area contributed by atoms with Crippen LogP contribution >= 0.6 is 0 Å². The van der Waals surface area contributed by atoms with Crippen LogP contribution in [0.4, 0.5) is 0 Å². The molecule has 1 aliphatic heterocycles. The van der Waals surface area contributed by atoms with E-state index in [1.165, 1.54) is 18.3 Å². The first kappa shape index (κ1) is 20.1. The molecule has 0 aliphatic carbocycles. The maximum absolute atomic E-state index is 12.6. The summed E-state index contributed by atoms with van der Waals surface area (Å²) in [6.45, 7) is 0.386. The molecule has 1 aliphatic rings. The van der Waals surface area contributed by atoms with Gasteiger partial charge in [-0.15, -0.1) is 0 Å². The van der Waals surface area contributed by atoms with E-state index < -0.39 is 17.8 Å². The van der Waals surface area contributed by atoms with Gasteiger partial charge in [0.25, 0.3) is 5.91 Å². The van der Waals surface area contributed by atoms with Crippen molar-refractivity contribution in [2.75, 3.05) is 6.54 Å². The first-order valence-electron chi connectivity index (χ1n) is 9.60. The summed E-state index contributed by atoms with van der Waals surface area (Å²) < 4.78 is 5.63. The summed E-state index contributed by atoms with van der Waals surface area (Å²) in [5.74, 6) is -2.47. The average Bonchev–Trinajstić information content (AvgIpc) is 3.41. The Balaban J connectivity index is 1.43. The van der Waals surface area contributed by atoms with Crippen molar-refractivity contribution in [1.82, 2.24) is 10.7 Å². The SMILES string of the molecule is O=C([O-])c1cccc(-c2ccc(/C=N/NC(=O)[C@@H]3C(=O)NC[C@@H]3c3ccccc3)o2)c1. The zero-order chi connectivity index (χ0) is 21.8. The van der Waals surface area contributed by atoms with E-state index in [9.17, 15) is 19.5 Å². The Hall–Kier alpha value is -4.20. The van der Waals surface area contributed by atoms with Crippen LogP contribution in [0.5, 0.6) is 0 Å². The molecule has 0 spiro atoms. The fraction of sp³-hybridized carbons (Fsp3) is 0.130. The second-order valence-electron chi connectivity index (χ2n) is 7.04. The number of amides is 2. The number of carbonyl (C=O) groups is 3. The summed E-state index contributed by atoms with van der Waals surface area (Å²) in [6, 6.07) is 18.8. The average molecular weight is 416 g/mol. The molecule has 0 saturated carbocycles. The van der Waals surface area contributed by atoms with Gasteiger partial charge in [-0.3, -0.25) is 9.59 Å². The van der Waals surface area contributed by atoms with Crippen molar-refractivity contribution >= 4 is 24.0 Å². The van der Waals surface area contributed by atoms with E-state index in [-0.39, 0.29) is 17.4 Å². The van der Waals surface area contributed by atoms with Gasteiger partial charge in [0.1, 0.15) is 17.4 Å². The van der Waals surface area contributed by atoms with E-state index in [4.69, 9.17) is 4.42 Å². The van der Waals surface area contributed by atoms with Crippen LogP contribution in [-0.4, -0.2) is 30.5 Å². The Morgan fingerprint density at radius 1 is 1.10 bits per heavy atom. The molecule has 3 aromatic rings. The monoisotopic (exact) mass is 416 g/mol. The van der Waals surface area contributed by atoms with Gasteiger partial charge in [-0.1, -0.05) is 48.5 Å². The number of nitrogens with one attached hydrogen (secondary N) is 2. The molecule has 2 heterocycles. The molecule has 2 aromatic carbocycles. The minimum Gasteiger partial charge on any atom is -0.545 e. The van der Waals surface area contributed by atoms with Crippen molar-refractivity contribution in [1.29, 1.82) is 0 Å². The fourth-order valence-corrected chi connectivity index (χ4v) is 3.54. The fourth-order valence-electron chi connectivity index (χ4n) is 3.54. The van der Waals surface area contributed by atoms with Crippen molar-refractivity contribution < 1.29 is 23.9 Å². The maximum atomic E-state index is 12.6. The number of rotatable bonds is 6. The molecule has 4 rings (SSSR count). The number of hydrogen-bond acceptors (Lipinski definition) is 6. The van der Waals surface area contributed by atoms with Gasteiger partial charge in [-0.25, -0.2) is 5.43 Å². The van der Waals surface area contributed by atoms with Crippen molar-refractivity contribution in [2.45, 2.75) is 5.92 Å². The van der Waals surface area contributed by atoms with Gasteiger partial charge in [0.05, 0.1) is 12.2 Å². The molecule has 156 valence electrons. The molecule has 8 heteroatoms. The molecule has 1 saturated heterocycles. The van der Waals surface area contributed by atoms with E-state index in [0.29, 0.717) is 23.6 Å². The van der Waals surface area contributed by atoms with Crippen LogP contribution in [-0.2, 0) is 9.59 Å². The van der Waals surface area contributed by atoms with Gasteiger partial charge in [-0.05, 0) is 29.3 Å². The highest BCUT2D eigenvalue weighted by atomic mass is 16.4. The van der Waals surface area contributed by atoms with Crippen LogP contribution in [0.15, 0.2) is 76.2 Å². The molecular weight excluding hydrogens is 398 g/mol. The largest absolute Gasteiger partial charge is 0.545 e. The lowest BCUT2D eigenvalue weighted by Crippen LogP contribution is -2.34. The second-order valence-corrected chi connectivity index (χ2v) is 7.04. The van der Waals surface area contributed by atoms with E-state index in [1.54, 1.807) is 24.3 Å². The van der Waals surface area contributed by atoms with Crippen LogP contribution in [0.25, 0.3) is 11.3 Å². The molecule has 2 N–H and O–H groups in total. The predicted molar refractivity (Wildman–Crippen MR) is 110 cm³/mol. The second kappa shape index (κ2) is 8.66. The van der Waals surface area contributed by atoms with Gasteiger partial charge in [-0.2, -0.15) is 5.10 Å². The Kier molecular flexibility index (Phi) is 5.61. The zero-order valence-corrected chi connectivity index (χ0v) is 16.3. The van der Waals surface area contributed by atoms with Gasteiger partial charge in [0.15, 0.2) is 0 Å². The smallest absolute Gasteiger partial charge is 0.253 e. The van der Waals surface area contributed by atoms with Crippen molar-refractivity contribution in [3.8, 4) is 11.3 Å². The number of aromatic carboxylic acids is 1. The number of carboxylic acids is 1. The molecule has 31 heavy (non-hydrogen) atoms. The number of nitrogens with zero attached hydrogens (tertiary/aromatic N) is 1. The molecule has 1 aromatic heterocycles. The number of hydrogen-bond donors (Lipinski definition) is 2. The summed E-state index contributed by atoms with van der Waals surface area (Å²) in [6.07, 6.45) is 1.31. The van der Waals surface area contributed by atoms with Crippen molar-refractivity contribution in [3.05, 3.63) is 83.6 Å². The maximum Gasteiger partial charge on any atom is 0.253 e. The molecule has 0 radical (unpaired) electrons. The zero-order valence-electron chi connectivity index (χ0n) is 16.3. The molecule has 2 atom stereocenters. The lowest BCUT2D eigenvalue weighted by atomic mass is 9.88. The minimum atomic E-state index is -1.28. The molecule has 0 bridgehead atoms. The Bertz CT molecular complexity index is 1150. The third-order valence-electron chi connectivity index (χ3n) is 5.07. The summed E-state index contributed by atoms with van der Waals surface area (Å²) in [7, 11) is 0. The quantitative estimate of drug-likeness (QED) is 0.356. The Morgan fingerprint density at radius 3 is 2.68 bits per heavy atom. The lowest BCUT2D eigenvalue weighted by molar-refractivity contribution is -0.255. The summed E-state index contributed by atoms with van der Waals surface area (Å²) in [5.41, 5.74) is 3.91. The molecule has 2 amide bonds. The first-order valence-corrected chi connectivity index (χ1v) is 9.60. The standard InChI is InChI=1S/C23H19N3O5/c27-21-20(18(13-24-21)14-5-2-1-3-6-14)22(28)26-25-12-17-9-10-19(31-17)15-7-4-8-16(11-15)23(29)30/h1-12,18,20H,13H2,(H,24,27)(H,26,28)(H,29,30)/p-1/b25-12+/t18-,20+/m1/s1. The number of furan rings is 1. The highest BCUT2D eigenvalue weighted by Crippen LogP contribution is 2.29. The Morgan fingerprint density at radius 2 is 1.90 bits per heavy atom. The van der Waals surface area contributed by atoms with Crippen molar-refractivity contribution in [3.63, 3.8) is 0 Å². The first-order chi connectivity index (χ1) is 15.0. The van der Waals surface area contributed by atoms with E-state index in [2.05, 4.69) is 15.8 Å². The number of hydrazone groups is 1. The third kappa shape index (κ3) is 4.37. The predicted octanol–water partition coefficient (Wildman–Crippen LogP) is 1.29. The summed E-state index contributed by atoms with van der Waals surface area (Å²) in [4.78, 5) is 35.8.